The van der Waals surface area contributed by atoms with Crippen LogP contribution in [0.2, 0.25) is 6.04 Å². The maximum atomic E-state index is 9.73. The van der Waals surface area contributed by atoms with Crippen molar-refractivity contribution in [2.24, 2.45) is 0 Å². The summed E-state index contributed by atoms with van der Waals surface area (Å²) in [6, 6.07) is 0.920. The van der Waals surface area contributed by atoms with Crippen LogP contribution in [0.3, 0.4) is 0 Å². The molecule has 0 aliphatic rings. The van der Waals surface area contributed by atoms with Crippen molar-refractivity contribution in [1.29, 1.82) is 0 Å². The van der Waals surface area contributed by atoms with Crippen LogP contribution in [0.5, 0.6) is 0 Å². The molecule has 0 aliphatic heterocycles. The van der Waals surface area contributed by atoms with E-state index < -0.39 is 11.1 Å². The lowest BCUT2D eigenvalue weighted by molar-refractivity contribution is 0.566. The summed E-state index contributed by atoms with van der Waals surface area (Å²) in [5, 5.41) is 0. The fraction of sp³-hybridized carbons (Fsp3) is 1.00. The van der Waals surface area contributed by atoms with E-state index >= 15 is 0 Å². The van der Waals surface area contributed by atoms with Crippen molar-refractivity contribution >= 4 is 21.3 Å². The van der Waals surface area contributed by atoms with Crippen molar-refractivity contribution in [3.8, 4) is 0 Å². The van der Waals surface area contributed by atoms with Gasteiger partial charge in [0, 0.05) is 16.0 Å². The zero-order valence-corrected chi connectivity index (χ0v) is 6.49. The molecule has 0 aromatic heterocycles. The largest absolute Gasteiger partial charge is 0.306 e. The van der Waals surface area contributed by atoms with Gasteiger partial charge in [-0.05, 0) is 0 Å². The molecule has 0 rings (SSSR count). The molecule has 0 bridgehead atoms. The number of rotatable bonds is 2. The Kier molecular flexibility index (Phi) is 3.71. The van der Waals surface area contributed by atoms with Crippen molar-refractivity contribution in [2.75, 3.05) is 5.75 Å². The van der Waals surface area contributed by atoms with Gasteiger partial charge >= 0.3 is 0 Å². The van der Waals surface area contributed by atoms with E-state index in [-0.39, 0.29) is 0 Å². The van der Waals surface area contributed by atoms with E-state index in [9.17, 15) is 4.21 Å². The van der Waals surface area contributed by atoms with Gasteiger partial charge in [-0.1, -0.05) is 6.04 Å². The molecule has 0 heterocycles. The second kappa shape index (κ2) is 3.51. The van der Waals surface area contributed by atoms with E-state index in [0.717, 1.165) is 16.3 Å². The van der Waals surface area contributed by atoms with E-state index in [2.05, 4.69) is 0 Å². The summed E-state index contributed by atoms with van der Waals surface area (Å²) < 4.78 is 17.8. The van der Waals surface area contributed by atoms with E-state index in [1.54, 1.807) is 0 Å². The number of hydrogen-bond acceptors (Lipinski definition) is 1. The van der Waals surface area contributed by atoms with Gasteiger partial charge in [0.1, 0.15) is 0 Å². The van der Waals surface area contributed by atoms with Gasteiger partial charge in [-0.3, -0.25) is 0 Å². The van der Waals surface area contributed by atoms with E-state index in [4.69, 9.17) is 4.55 Å². The molecular formula is C2H8O2SSi. The van der Waals surface area contributed by atoms with Crippen molar-refractivity contribution in [1.82, 2.24) is 0 Å². The minimum atomic E-state index is -1.53. The topological polar surface area (TPSA) is 37.3 Å². The Balaban J connectivity index is 2.83. The Morgan fingerprint density at radius 2 is 2.33 bits per heavy atom. The average molecular weight is 124 g/mol. The molecule has 0 aromatic carbocycles. The molecule has 38 valence electrons. The molecule has 1 N–H and O–H groups in total. The first-order chi connectivity index (χ1) is 2.77. The maximum Gasteiger partial charge on any atom is 0.152 e. The van der Waals surface area contributed by atoms with Crippen LogP contribution in [0.1, 0.15) is 0 Å². The average Bonchev–Trinajstić information content (AvgIpc) is 1.35. The highest BCUT2D eigenvalue weighted by molar-refractivity contribution is 7.79. The molecule has 1 atom stereocenters. The van der Waals surface area contributed by atoms with E-state index in [0.29, 0.717) is 5.75 Å². The maximum absolute atomic E-state index is 9.73. The van der Waals surface area contributed by atoms with Crippen LogP contribution < -0.4 is 0 Å². The van der Waals surface area contributed by atoms with Crippen LogP contribution in [0, 0.1) is 0 Å². The highest BCUT2D eigenvalue weighted by Gasteiger charge is 1.83. The fourth-order valence-electron chi connectivity index (χ4n) is 0.175. The van der Waals surface area contributed by atoms with Gasteiger partial charge in [-0.2, -0.15) is 0 Å². The summed E-state index contributed by atoms with van der Waals surface area (Å²) >= 11 is -1.53. The SMILES string of the molecule is O=S(O)CC[SiH3]. The highest BCUT2D eigenvalue weighted by atomic mass is 32.2. The van der Waals surface area contributed by atoms with Crippen LogP contribution in [0.25, 0.3) is 0 Å². The van der Waals surface area contributed by atoms with E-state index in [1.807, 2.05) is 0 Å². The smallest absolute Gasteiger partial charge is 0.152 e. The van der Waals surface area contributed by atoms with Gasteiger partial charge < -0.3 is 4.55 Å². The van der Waals surface area contributed by atoms with Crippen LogP contribution >= 0.6 is 0 Å². The molecule has 0 fully saturated rings. The molecule has 0 amide bonds. The molecule has 0 radical (unpaired) electrons. The van der Waals surface area contributed by atoms with Crippen molar-refractivity contribution < 1.29 is 8.76 Å². The van der Waals surface area contributed by atoms with Gasteiger partial charge in [0.2, 0.25) is 0 Å². The molecule has 1 unspecified atom stereocenters. The Hall–Kier alpha value is 0.327. The third-order valence-electron chi connectivity index (χ3n) is 0.379. The van der Waals surface area contributed by atoms with Crippen LogP contribution in [0.15, 0.2) is 0 Å². The third-order valence-corrected chi connectivity index (χ3v) is 2.36. The predicted molar refractivity (Wildman–Crippen MR) is 30.4 cm³/mol. The highest BCUT2D eigenvalue weighted by Crippen LogP contribution is 1.74. The normalized spacial score (nSPS) is 14.8. The molecule has 0 saturated carbocycles. The second-order valence-corrected chi connectivity index (χ2v) is 3.08. The van der Waals surface area contributed by atoms with Gasteiger partial charge in [-0.25, -0.2) is 4.21 Å². The lowest BCUT2D eigenvalue weighted by atomic mass is 11.0. The van der Waals surface area contributed by atoms with Gasteiger partial charge in [0.25, 0.3) is 0 Å². The Bertz CT molecular complexity index is 55.5. The first-order valence-corrected chi connectivity index (χ1v) is 4.54. The molecule has 0 aromatic rings. The zero-order valence-electron chi connectivity index (χ0n) is 3.68. The standard InChI is InChI=1S/C2H8O2SSi/c3-5(4)1-2-6/h1-2H2,6H3,(H,3,4). The molecule has 4 heteroatoms. The first kappa shape index (κ1) is 6.33. The molecule has 0 saturated heterocycles. The minimum Gasteiger partial charge on any atom is -0.306 e. The Morgan fingerprint density at radius 3 is 2.33 bits per heavy atom. The fourth-order valence-corrected chi connectivity index (χ4v) is 1.57. The summed E-state index contributed by atoms with van der Waals surface area (Å²) in [6.45, 7) is 0. The van der Waals surface area contributed by atoms with Crippen molar-refractivity contribution in [3.63, 3.8) is 0 Å². The Labute approximate surface area is 42.7 Å². The summed E-state index contributed by atoms with van der Waals surface area (Å²) in [6.07, 6.45) is 0. The molecule has 6 heavy (non-hydrogen) atoms. The van der Waals surface area contributed by atoms with Crippen LogP contribution in [0.4, 0.5) is 0 Å². The summed E-state index contributed by atoms with van der Waals surface area (Å²) in [5.41, 5.74) is 0. The molecular weight excluding hydrogens is 116 g/mol. The van der Waals surface area contributed by atoms with Crippen molar-refractivity contribution in [2.45, 2.75) is 6.04 Å². The number of hydrogen-bond donors (Lipinski definition) is 1. The molecule has 0 spiro atoms. The van der Waals surface area contributed by atoms with Crippen LogP contribution in [-0.4, -0.2) is 24.8 Å². The van der Waals surface area contributed by atoms with Crippen LogP contribution in [-0.2, 0) is 11.1 Å². The van der Waals surface area contributed by atoms with E-state index in [1.165, 1.54) is 0 Å². The van der Waals surface area contributed by atoms with Gasteiger partial charge in [0.15, 0.2) is 11.1 Å². The lowest BCUT2D eigenvalue weighted by Gasteiger charge is -1.81. The predicted octanol–water partition coefficient (Wildman–Crippen LogP) is -1.01. The minimum absolute atomic E-state index is 0.465. The lowest BCUT2D eigenvalue weighted by Crippen LogP contribution is -1.91. The zero-order chi connectivity index (χ0) is 4.99. The van der Waals surface area contributed by atoms with Crippen molar-refractivity contribution in [3.05, 3.63) is 0 Å². The first-order valence-electron chi connectivity index (χ1n) is 1.85. The monoisotopic (exact) mass is 124 g/mol. The summed E-state index contributed by atoms with van der Waals surface area (Å²) in [4.78, 5) is 0. The Morgan fingerprint density at radius 1 is 1.83 bits per heavy atom. The summed E-state index contributed by atoms with van der Waals surface area (Å²) in [5.74, 6) is 0.465. The molecule has 2 nitrogen and oxygen atoms in total. The summed E-state index contributed by atoms with van der Waals surface area (Å²) in [7, 11) is 1.03. The van der Waals surface area contributed by atoms with Gasteiger partial charge in [0.05, 0.1) is 0 Å². The van der Waals surface area contributed by atoms with Gasteiger partial charge in [-0.15, -0.1) is 0 Å². The quantitative estimate of drug-likeness (QED) is 0.378. The molecule has 0 aliphatic carbocycles. The third kappa shape index (κ3) is 4.33. The second-order valence-electron chi connectivity index (χ2n) is 1.03.